The minimum Gasteiger partial charge on any atom is -0.479 e. The second kappa shape index (κ2) is 9.98. The summed E-state index contributed by atoms with van der Waals surface area (Å²) in [5.74, 6) is -2.23. The van der Waals surface area contributed by atoms with E-state index in [1.54, 1.807) is 30.3 Å². The van der Waals surface area contributed by atoms with Crippen LogP contribution in [-0.4, -0.2) is 41.9 Å². The summed E-state index contributed by atoms with van der Waals surface area (Å²) in [4.78, 5) is 45.3. The number of aliphatic carboxylic acids is 1. The minimum absolute atomic E-state index is 0.0625. The van der Waals surface area contributed by atoms with Gasteiger partial charge in [0.15, 0.2) is 6.04 Å². The fourth-order valence-electron chi connectivity index (χ4n) is 1.92. The normalized spacial score (nSPS) is 11.2. The van der Waals surface area contributed by atoms with E-state index in [1.807, 2.05) is 0 Å². The second-order valence-corrected chi connectivity index (χ2v) is 5.08. The zero-order valence-corrected chi connectivity index (χ0v) is 13.4. The molecule has 1 rings (SSSR count). The molecule has 24 heavy (non-hydrogen) atoms. The third kappa shape index (κ3) is 7.39. The molecule has 3 amide bonds. The fourth-order valence-corrected chi connectivity index (χ4v) is 1.92. The molecule has 1 aromatic rings. The smallest absolute Gasteiger partial charge is 0.330 e. The molecular weight excluding hydrogens is 314 g/mol. The van der Waals surface area contributed by atoms with Crippen molar-refractivity contribution >= 4 is 23.7 Å². The van der Waals surface area contributed by atoms with E-state index in [0.29, 0.717) is 12.1 Å². The van der Waals surface area contributed by atoms with Crippen LogP contribution in [0.2, 0.25) is 0 Å². The first-order valence-corrected chi connectivity index (χ1v) is 7.48. The number of rotatable bonds is 9. The van der Waals surface area contributed by atoms with Gasteiger partial charge in [0.2, 0.25) is 17.7 Å². The topological polar surface area (TPSA) is 125 Å². The minimum atomic E-state index is -1.17. The van der Waals surface area contributed by atoms with Gasteiger partial charge in [0, 0.05) is 32.9 Å². The molecule has 0 bridgehead atoms. The summed E-state index contributed by atoms with van der Waals surface area (Å²) in [5, 5.41) is 16.7. The van der Waals surface area contributed by atoms with Gasteiger partial charge >= 0.3 is 5.97 Å². The van der Waals surface area contributed by atoms with E-state index >= 15 is 0 Å². The molecule has 0 aliphatic heterocycles. The van der Waals surface area contributed by atoms with E-state index in [9.17, 15) is 24.3 Å². The highest BCUT2D eigenvalue weighted by Gasteiger charge is 2.21. The van der Waals surface area contributed by atoms with Crippen LogP contribution >= 0.6 is 0 Å². The van der Waals surface area contributed by atoms with Crippen LogP contribution in [0, 0.1) is 0 Å². The number of benzene rings is 1. The van der Waals surface area contributed by atoms with Crippen molar-refractivity contribution in [3.8, 4) is 0 Å². The largest absolute Gasteiger partial charge is 0.479 e. The Morgan fingerprint density at radius 2 is 1.54 bits per heavy atom. The van der Waals surface area contributed by atoms with Crippen molar-refractivity contribution in [2.75, 3.05) is 13.1 Å². The summed E-state index contributed by atoms with van der Waals surface area (Å²) in [6.07, 6.45) is -0.185. The van der Waals surface area contributed by atoms with Crippen molar-refractivity contribution in [3.05, 3.63) is 35.9 Å². The molecule has 0 aromatic heterocycles. The van der Waals surface area contributed by atoms with Crippen LogP contribution in [0.3, 0.4) is 0 Å². The number of hydrogen-bond donors (Lipinski definition) is 4. The van der Waals surface area contributed by atoms with Crippen molar-refractivity contribution in [2.45, 2.75) is 25.8 Å². The first-order chi connectivity index (χ1) is 11.4. The lowest BCUT2D eigenvalue weighted by Crippen LogP contribution is -2.36. The van der Waals surface area contributed by atoms with E-state index in [1.165, 1.54) is 6.92 Å². The molecule has 1 atom stereocenters. The maximum Gasteiger partial charge on any atom is 0.330 e. The monoisotopic (exact) mass is 335 g/mol. The zero-order valence-electron chi connectivity index (χ0n) is 13.4. The Morgan fingerprint density at radius 1 is 0.958 bits per heavy atom. The summed E-state index contributed by atoms with van der Waals surface area (Å²) in [6, 6.07) is 7.17. The molecule has 8 nitrogen and oxygen atoms in total. The predicted molar refractivity (Wildman–Crippen MR) is 85.9 cm³/mol. The van der Waals surface area contributed by atoms with Gasteiger partial charge in [-0.2, -0.15) is 0 Å². The maximum absolute atomic E-state index is 11.8. The Labute approximate surface area is 139 Å². The van der Waals surface area contributed by atoms with Gasteiger partial charge < -0.3 is 21.1 Å². The highest BCUT2D eigenvalue weighted by Crippen LogP contribution is 2.12. The molecule has 1 aromatic carbocycles. The number of carboxylic acids is 1. The molecule has 0 radical (unpaired) electrons. The number of carboxylic acid groups (broad SMARTS) is 1. The van der Waals surface area contributed by atoms with Crippen LogP contribution in [0.4, 0.5) is 0 Å². The molecule has 0 spiro atoms. The molecular formula is C16H21N3O5. The van der Waals surface area contributed by atoms with Crippen LogP contribution in [0.15, 0.2) is 30.3 Å². The SMILES string of the molecule is CC(=O)NCCNC(=O)CCC(=O)N[C@H](C(=O)O)c1ccccc1. The summed E-state index contributed by atoms with van der Waals surface area (Å²) < 4.78 is 0. The number of carbonyl (C=O) groups is 4. The number of amides is 3. The summed E-state index contributed by atoms with van der Waals surface area (Å²) in [7, 11) is 0. The fraction of sp³-hybridized carbons (Fsp3) is 0.375. The van der Waals surface area contributed by atoms with Gasteiger partial charge in [0.25, 0.3) is 0 Å². The van der Waals surface area contributed by atoms with Crippen LogP contribution in [0.5, 0.6) is 0 Å². The summed E-state index contributed by atoms with van der Waals surface area (Å²) in [5.41, 5.74) is 0.457. The molecule has 0 saturated heterocycles. The quantitative estimate of drug-likeness (QED) is 0.471. The van der Waals surface area contributed by atoms with Crippen LogP contribution in [-0.2, 0) is 19.2 Å². The van der Waals surface area contributed by atoms with Gasteiger partial charge in [-0.1, -0.05) is 30.3 Å². The van der Waals surface area contributed by atoms with Crippen molar-refractivity contribution in [1.82, 2.24) is 16.0 Å². The van der Waals surface area contributed by atoms with E-state index < -0.39 is 17.9 Å². The van der Waals surface area contributed by atoms with Gasteiger partial charge in [-0.15, -0.1) is 0 Å². The van der Waals surface area contributed by atoms with E-state index in [2.05, 4.69) is 16.0 Å². The Bertz CT molecular complexity index is 589. The highest BCUT2D eigenvalue weighted by atomic mass is 16.4. The average molecular weight is 335 g/mol. The Hall–Kier alpha value is -2.90. The van der Waals surface area contributed by atoms with E-state index in [4.69, 9.17) is 0 Å². The van der Waals surface area contributed by atoms with Crippen LogP contribution in [0.25, 0.3) is 0 Å². The average Bonchev–Trinajstić information content (AvgIpc) is 2.55. The van der Waals surface area contributed by atoms with Gasteiger partial charge in [0.1, 0.15) is 0 Å². The predicted octanol–water partition coefficient (Wildman–Crippen LogP) is -0.0390. The van der Waals surface area contributed by atoms with Crippen molar-refractivity contribution in [2.24, 2.45) is 0 Å². The third-order valence-corrected chi connectivity index (χ3v) is 3.09. The Morgan fingerprint density at radius 3 is 2.12 bits per heavy atom. The number of nitrogens with one attached hydrogen (secondary N) is 3. The van der Waals surface area contributed by atoms with Crippen LogP contribution in [0.1, 0.15) is 31.4 Å². The summed E-state index contributed by atoms with van der Waals surface area (Å²) in [6.45, 7) is 1.95. The lowest BCUT2D eigenvalue weighted by atomic mass is 10.1. The zero-order chi connectivity index (χ0) is 17.9. The molecule has 0 unspecified atom stereocenters. The lowest BCUT2D eigenvalue weighted by molar-refractivity contribution is -0.142. The van der Waals surface area contributed by atoms with Crippen molar-refractivity contribution in [3.63, 3.8) is 0 Å². The molecule has 0 saturated carbocycles. The Balaban J connectivity index is 2.37. The molecule has 0 aliphatic carbocycles. The molecule has 130 valence electrons. The van der Waals surface area contributed by atoms with E-state index in [0.717, 1.165) is 0 Å². The first-order valence-electron chi connectivity index (χ1n) is 7.48. The molecule has 4 N–H and O–H groups in total. The number of carbonyl (C=O) groups excluding carboxylic acids is 3. The highest BCUT2D eigenvalue weighted by molar-refractivity contribution is 5.87. The molecule has 0 heterocycles. The molecule has 0 fully saturated rings. The van der Waals surface area contributed by atoms with Gasteiger partial charge in [-0.25, -0.2) is 4.79 Å². The standard InChI is InChI=1S/C16H21N3O5/c1-11(20)17-9-10-18-13(21)7-8-14(22)19-15(16(23)24)12-5-3-2-4-6-12/h2-6,15H,7-10H2,1H3,(H,17,20)(H,18,21)(H,19,22)(H,23,24)/t15-/m0/s1. The van der Waals surface area contributed by atoms with Crippen LogP contribution < -0.4 is 16.0 Å². The second-order valence-electron chi connectivity index (χ2n) is 5.08. The van der Waals surface area contributed by atoms with Gasteiger partial charge in [-0.05, 0) is 5.56 Å². The maximum atomic E-state index is 11.8. The first kappa shape index (κ1) is 19.1. The Kier molecular flexibility index (Phi) is 7.97. The van der Waals surface area contributed by atoms with Gasteiger partial charge in [0.05, 0.1) is 0 Å². The number of hydrogen-bond acceptors (Lipinski definition) is 4. The lowest BCUT2D eigenvalue weighted by Gasteiger charge is -2.14. The van der Waals surface area contributed by atoms with Crippen molar-refractivity contribution in [1.29, 1.82) is 0 Å². The van der Waals surface area contributed by atoms with Gasteiger partial charge in [-0.3, -0.25) is 14.4 Å². The van der Waals surface area contributed by atoms with E-state index in [-0.39, 0.29) is 31.2 Å². The van der Waals surface area contributed by atoms with Crippen molar-refractivity contribution < 1.29 is 24.3 Å². The third-order valence-electron chi connectivity index (χ3n) is 3.09. The molecule has 8 heteroatoms. The molecule has 0 aliphatic rings. The summed E-state index contributed by atoms with van der Waals surface area (Å²) >= 11 is 0.